The van der Waals surface area contributed by atoms with E-state index in [1.807, 2.05) is 25.8 Å². The lowest BCUT2D eigenvalue weighted by Crippen LogP contribution is -2.52. The van der Waals surface area contributed by atoms with Gasteiger partial charge in [-0.15, -0.1) is 0 Å². The molecule has 2 N–H and O–H groups in total. The molecule has 0 radical (unpaired) electrons. The average molecular weight is 243 g/mol. The van der Waals surface area contributed by atoms with E-state index in [0.29, 0.717) is 6.54 Å². The van der Waals surface area contributed by atoms with Gasteiger partial charge in [-0.25, -0.2) is 0 Å². The van der Waals surface area contributed by atoms with Crippen molar-refractivity contribution in [1.29, 1.82) is 0 Å². The summed E-state index contributed by atoms with van der Waals surface area (Å²) in [5.41, 5.74) is 0. The number of likely N-dealkylation sites (N-methyl/N-ethyl adjacent to an activating group) is 1. The highest BCUT2D eigenvalue weighted by Gasteiger charge is 2.24. The smallest absolute Gasteiger partial charge is 0.234 e. The lowest BCUT2D eigenvalue weighted by Gasteiger charge is -2.34. The molecule has 0 saturated carbocycles. The third-order valence-electron chi connectivity index (χ3n) is 3.03. The lowest BCUT2D eigenvalue weighted by atomic mass is 10.1. The number of nitrogens with one attached hydrogen (secondary N) is 2. The van der Waals surface area contributed by atoms with Gasteiger partial charge in [0.25, 0.3) is 0 Å². The van der Waals surface area contributed by atoms with Gasteiger partial charge in [0.15, 0.2) is 0 Å². The van der Waals surface area contributed by atoms with Crippen LogP contribution in [0.25, 0.3) is 0 Å². The summed E-state index contributed by atoms with van der Waals surface area (Å²) in [6.45, 7) is 8.98. The number of hydrogen-bond donors (Lipinski definition) is 2. The molecule has 0 aromatic rings. The van der Waals surface area contributed by atoms with Crippen LogP contribution < -0.4 is 10.6 Å². The summed E-state index contributed by atoms with van der Waals surface area (Å²) in [5.74, 6) is 0.0677. The molecule has 1 amide bonds. The minimum absolute atomic E-state index is 0.0677. The number of amides is 1. The Morgan fingerprint density at radius 1 is 1.53 bits per heavy atom. The molecule has 1 saturated heterocycles. The van der Waals surface area contributed by atoms with Crippen molar-refractivity contribution in [3.05, 3.63) is 0 Å². The number of ether oxygens (including phenoxy) is 1. The van der Waals surface area contributed by atoms with E-state index >= 15 is 0 Å². The first kappa shape index (κ1) is 14.4. The molecule has 100 valence electrons. The molecular weight excluding hydrogens is 218 g/mol. The van der Waals surface area contributed by atoms with Crippen molar-refractivity contribution in [3.8, 4) is 0 Å². The van der Waals surface area contributed by atoms with Gasteiger partial charge in [-0.1, -0.05) is 0 Å². The zero-order chi connectivity index (χ0) is 12.8. The third kappa shape index (κ3) is 5.02. The van der Waals surface area contributed by atoms with Gasteiger partial charge in [-0.3, -0.25) is 9.69 Å². The van der Waals surface area contributed by atoms with Crippen LogP contribution in [0, 0.1) is 0 Å². The third-order valence-corrected chi connectivity index (χ3v) is 3.03. The Morgan fingerprint density at radius 2 is 2.24 bits per heavy atom. The Balaban J connectivity index is 2.34. The quantitative estimate of drug-likeness (QED) is 0.703. The van der Waals surface area contributed by atoms with Gasteiger partial charge in [0.2, 0.25) is 5.91 Å². The molecule has 0 spiro atoms. The second kappa shape index (κ2) is 6.93. The van der Waals surface area contributed by atoms with Gasteiger partial charge in [-0.2, -0.15) is 0 Å². The number of hydrogen-bond acceptors (Lipinski definition) is 4. The molecule has 5 heteroatoms. The largest absolute Gasteiger partial charge is 0.374 e. The van der Waals surface area contributed by atoms with Gasteiger partial charge in [0.05, 0.1) is 19.3 Å². The molecule has 0 aromatic heterocycles. The summed E-state index contributed by atoms with van der Waals surface area (Å²) in [6, 6.07) is 0.430. The van der Waals surface area contributed by atoms with Crippen molar-refractivity contribution in [2.75, 3.05) is 33.3 Å². The highest BCUT2D eigenvalue weighted by Crippen LogP contribution is 2.07. The van der Waals surface area contributed by atoms with Crippen LogP contribution in [0.1, 0.15) is 20.8 Å². The van der Waals surface area contributed by atoms with Gasteiger partial charge in [0, 0.05) is 25.2 Å². The van der Waals surface area contributed by atoms with E-state index < -0.39 is 0 Å². The minimum atomic E-state index is 0.0677. The summed E-state index contributed by atoms with van der Waals surface area (Å²) in [4.78, 5) is 13.7. The van der Waals surface area contributed by atoms with Crippen LogP contribution in [-0.2, 0) is 9.53 Å². The predicted octanol–water partition coefficient (Wildman–Crippen LogP) is -0.180. The lowest BCUT2D eigenvalue weighted by molar-refractivity contribution is -0.123. The monoisotopic (exact) mass is 243 g/mol. The van der Waals surface area contributed by atoms with E-state index in [1.165, 1.54) is 0 Å². The van der Waals surface area contributed by atoms with Crippen LogP contribution in [0.3, 0.4) is 0 Å². The van der Waals surface area contributed by atoms with Crippen LogP contribution in [0.5, 0.6) is 0 Å². The zero-order valence-electron chi connectivity index (χ0n) is 11.3. The highest BCUT2D eigenvalue weighted by molar-refractivity contribution is 5.78. The summed E-state index contributed by atoms with van der Waals surface area (Å²) < 4.78 is 5.69. The number of carbonyl (C=O) groups excluding carboxylic acids is 1. The van der Waals surface area contributed by atoms with E-state index in [-0.39, 0.29) is 24.1 Å². The first-order valence-electron chi connectivity index (χ1n) is 6.32. The van der Waals surface area contributed by atoms with Gasteiger partial charge < -0.3 is 15.4 Å². The second-order valence-corrected chi connectivity index (χ2v) is 4.99. The number of carbonyl (C=O) groups is 1. The minimum Gasteiger partial charge on any atom is -0.374 e. The van der Waals surface area contributed by atoms with Crippen LogP contribution >= 0.6 is 0 Å². The Morgan fingerprint density at radius 3 is 2.76 bits per heavy atom. The molecule has 2 atom stereocenters. The van der Waals surface area contributed by atoms with Crippen LogP contribution in [0.4, 0.5) is 0 Å². The Bertz CT molecular complexity index is 240. The molecule has 1 rings (SSSR count). The first-order valence-corrected chi connectivity index (χ1v) is 6.32. The van der Waals surface area contributed by atoms with E-state index in [9.17, 15) is 4.79 Å². The van der Waals surface area contributed by atoms with Crippen molar-refractivity contribution < 1.29 is 9.53 Å². The molecule has 0 bridgehead atoms. The molecule has 1 aliphatic rings. The van der Waals surface area contributed by atoms with Crippen molar-refractivity contribution in [3.63, 3.8) is 0 Å². The topological polar surface area (TPSA) is 53.6 Å². The molecule has 1 aliphatic heterocycles. The summed E-state index contributed by atoms with van der Waals surface area (Å²) >= 11 is 0. The predicted molar refractivity (Wildman–Crippen MR) is 68.0 cm³/mol. The molecule has 0 aromatic carbocycles. The molecular formula is C12H25N3O2. The average Bonchev–Trinajstić information content (AvgIpc) is 2.28. The molecule has 5 nitrogen and oxygen atoms in total. The fourth-order valence-corrected chi connectivity index (χ4v) is 1.92. The maximum atomic E-state index is 11.6. The Labute approximate surface area is 104 Å². The van der Waals surface area contributed by atoms with E-state index in [4.69, 9.17) is 4.74 Å². The maximum absolute atomic E-state index is 11.6. The SMILES string of the molecule is CC(C)NC(=O)CN(C)C(C)C1CNCCO1. The molecule has 2 unspecified atom stereocenters. The van der Waals surface area contributed by atoms with Crippen molar-refractivity contribution >= 4 is 5.91 Å². The fourth-order valence-electron chi connectivity index (χ4n) is 1.92. The summed E-state index contributed by atoms with van der Waals surface area (Å²) in [7, 11) is 1.96. The Hall–Kier alpha value is -0.650. The molecule has 1 heterocycles. The van der Waals surface area contributed by atoms with Crippen molar-refractivity contribution in [2.45, 2.75) is 39.0 Å². The van der Waals surface area contributed by atoms with Crippen LogP contribution in [-0.4, -0.2) is 62.3 Å². The van der Waals surface area contributed by atoms with Gasteiger partial charge in [0.1, 0.15) is 0 Å². The van der Waals surface area contributed by atoms with Crippen LogP contribution in [0.2, 0.25) is 0 Å². The standard InChI is InChI=1S/C12H25N3O2/c1-9(2)14-12(16)8-15(4)10(3)11-7-13-5-6-17-11/h9-11,13H,5-8H2,1-4H3,(H,14,16). The number of rotatable bonds is 5. The van der Waals surface area contributed by atoms with Crippen LogP contribution in [0.15, 0.2) is 0 Å². The highest BCUT2D eigenvalue weighted by atomic mass is 16.5. The fraction of sp³-hybridized carbons (Fsp3) is 0.917. The van der Waals surface area contributed by atoms with Gasteiger partial charge >= 0.3 is 0 Å². The van der Waals surface area contributed by atoms with Crippen molar-refractivity contribution in [1.82, 2.24) is 15.5 Å². The van der Waals surface area contributed by atoms with E-state index in [0.717, 1.165) is 19.7 Å². The number of morpholine rings is 1. The van der Waals surface area contributed by atoms with Crippen molar-refractivity contribution in [2.24, 2.45) is 0 Å². The number of nitrogens with zero attached hydrogens (tertiary/aromatic N) is 1. The van der Waals surface area contributed by atoms with E-state index in [1.54, 1.807) is 0 Å². The second-order valence-electron chi connectivity index (χ2n) is 4.99. The van der Waals surface area contributed by atoms with Gasteiger partial charge in [-0.05, 0) is 27.8 Å². The molecule has 0 aliphatic carbocycles. The van der Waals surface area contributed by atoms with E-state index in [2.05, 4.69) is 17.6 Å². The molecule has 1 fully saturated rings. The molecule has 17 heavy (non-hydrogen) atoms. The zero-order valence-corrected chi connectivity index (χ0v) is 11.3. The summed E-state index contributed by atoms with van der Waals surface area (Å²) in [6.07, 6.45) is 0.167. The first-order chi connectivity index (χ1) is 8.00. The Kier molecular flexibility index (Phi) is 5.88. The summed E-state index contributed by atoms with van der Waals surface area (Å²) in [5, 5.41) is 6.20. The normalized spacial score (nSPS) is 22.8. The maximum Gasteiger partial charge on any atom is 0.234 e.